The van der Waals surface area contributed by atoms with E-state index in [-0.39, 0.29) is 23.6 Å². The number of carbonyl (C=O) groups excluding carboxylic acids is 6. The highest BCUT2D eigenvalue weighted by Crippen LogP contribution is 2.16. The number of nitrogens with one attached hydrogen (secondary N) is 4. The van der Waals surface area contributed by atoms with Gasteiger partial charge in [-0.1, -0.05) is 56.3 Å². The van der Waals surface area contributed by atoms with Gasteiger partial charge in [-0.05, 0) is 30.5 Å². The molecule has 0 bridgehead atoms. The molecule has 11 nitrogen and oxygen atoms in total. The minimum Gasteiger partial charge on any atom is -0.467 e. The molecule has 208 valence electrons. The Labute approximate surface area is 227 Å². The summed E-state index contributed by atoms with van der Waals surface area (Å²) in [6, 6.07) is 11.8. The molecule has 0 unspecified atom stereocenters. The summed E-state index contributed by atoms with van der Waals surface area (Å²) in [6.45, 7) is 6.05. The van der Waals surface area contributed by atoms with Gasteiger partial charge in [0.05, 0.1) is 18.4 Å². The highest BCUT2D eigenvalue weighted by molar-refractivity contribution is 6.44. The molecular weight excluding hydrogens is 504 g/mol. The number of Topliss-reactive ketones (excluding diaryl/α,β-unsaturated/α-hetero) is 1. The molecule has 0 aromatic heterocycles. The van der Waals surface area contributed by atoms with Gasteiger partial charge in [-0.15, -0.1) is 0 Å². The van der Waals surface area contributed by atoms with Gasteiger partial charge >= 0.3 is 5.97 Å². The summed E-state index contributed by atoms with van der Waals surface area (Å²) in [4.78, 5) is 75.0. The lowest BCUT2D eigenvalue weighted by molar-refractivity contribution is -0.145. The van der Waals surface area contributed by atoms with E-state index < -0.39 is 53.5 Å². The van der Waals surface area contributed by atoms with E-state index >= 15 is 0 Å². The maximum atomic E-state index is 13.1. The number of methoxy groups -OCH3 is 1. The smallest absolute Gasteiger partial charge is 0.328 e. The molecule has 4 amide bonds. The van der Waals surface area contributed by atoms with Gasteiger partial charge in [-0.25, -0.2) is 4.79 Å². The highest BCUT2D eigenvalue weighted by atomic mass is 16.5. The molecule has 2 aromatic rings. The first kappa shape index (κ1) is 30.7. The second-order valence-corrected chi connectivity index (χ2v) is 9.26. The van der Waals surface area contributed by atoms with Gasteiger partial charge < -0.3 is 26.0 Å². The third kappa shape index (κ3) is 9.06. The Balaban J connectivity index is 2.08. The van der Waals surface area contributed by atoms with E-state index in [0.29, 0.717) is 0 Å². The molecule has 0 spiro atoms. The maximum absolute atomic E-state index is 13.1. The fourth-order valence-electron chi connectivity index (χ4n) is 3.69. The zero-order chi connectivity index (χ0) is 29.1. The maximum Gasteiger partial charge on any atom is 0.328 e. The summed E-state index contributed by atoms with van der Waals surface area (Å²) in [7, 11) is 1.22. The largest absolute Gasteiger partial charge is 0.467 e. The summed E-state index contributed by atoms with van der Waals surface area (Å²) < 4.78 is 4.83. The van der Waals surface area contributed by atoms with Crippen molar-refractivity contribution < 1.29 is 33.5 Å². The monoisotopic (exact) mass is 538 g/mol. The van der Waals surface area contributed by atoms with Gasteiger partial charge in [0.2, 0.25) is 17.7 Å². The van der Waals surface area contributed by atoms with Crippen molar-refractivity contribution in [2.75, 3.05) is 12.4 Å². The van der Waals surface area contributed by atoms with Crippen molar-refractivity contribution >= 4 is 41.1 Å². The third-order valence-electron chi connectivity index (χ3n) is 5.76. The molecular formula is C28H34N4O7. The average Bonchev–Trinajstić information content (AvgIpc) is 2.90. The normalized spacial score (nSPS) is 12.9. The molecule has 0 aliphatic carbocycles. The number of hydrogen-bond donors (Lipinski definition) is 4. The van der Waals surface area contributed by atoms with E-state index in [4.69, 9.17) is 4.74 Å². The minimum atomic E-state index is -1.18. The van der Waals surface area contributed by atoms with Crippen molar-refractivity contribution in [1.29, 1.82) is 0 Å². The Morgan fingerprint density at radius 3 is 2.00 bits per heavy atom. The standard InChI is InChI=1S/C28H34N4O7/c1-16(2)23(26(36)31-22(28(38)39-5)15-19-11-7-6-8-12-19)32-25(35)17(3)29-27(37)24(34)20-13-9-10-14-21(20)30-18(4)33/h6-14,16-17,22-23H,15H2,1-5H3,(H,29,37)(H,30,33)(H,31,36)(H,32,35)/t17-,22+,23-/m0/s1. The van der Waals surface area contributed by atoms with E-state index in [9.17, 15) is 28.8 Å². The van der Waals surface area contributed by atoms with Gasteiger partial charge in [-0.2, -0.15) is 0 Å². The Kier molecular flexibility index (Phi) is 11.3. The predicted octanol–water partition coefficient (Wildman–Crippen LogP) is 1.37. The average molecular weight is 539 g/mol. The van der Waals surface area contributed by atoms with Gasteiger partial charge in [0.1, 0.15) is 18.1 Å². The van der Waals surface area contributed by atoms with Crippen LogP contribution in [-0.4, -0.2) is 60.6 Å². The summed E-state index contributed by atoms with van der Waals surface area (Å²) in [5, 5.41) is 10.0. The van der Waals surface area contributed by atoms with Gasteiger partial charge in [0.15, 0.2) is 0 Å². The van der Waals surface area contributed by atoms with Crippen LogP contribution in [0.3, 0.4) is 0 Å². The first-order chi connectivity index (χ1) is 18.4. The van der Waals surface area contributed by atoms with E-state index in [2.05, 4.69) is 21.3 Å². The van der Waals surface area contributed by atoms with Crippen LogP contribution >= 0.6 is 0 Å². The number of ether oxygens (including phenoxy) is 1. The number of anilines is 1. The summed E-state index contributed by atoms with van der Waals surface area (Å²) >= 11 is 0. The Hall–Kier alpha value is -4.54. The van der Waals surface area contributed by atoms with Crippen LogP contribution in [-0.2, 0) is 35.1 Å². The van der Waals surface area contributed by atoms with Gasteiger partial charge in [0, 0.05) is 13.3 Å². The Morgan fingerprint density at radius 1 is 0.795 bits per heavy atom. The number of amides is 4. The number of carbonyl (C=O) groups is 6. The van der Waals surface area contributed by atoms with Crippen LogP contribution in [0.5, 0.6) is 0 Å². The molecule has 39 heavy (non-hydrogen) atoms. The number of benzene rings is 2. The third-order valence-corrected chi connectivity index (χ3v) is 5.76. The molecule has 11 heteroatoms. The van der Waals surface area contributed by atoms with Crippen LogP contribution in [0.25, 0.3) is 0 Å². The van der Waals surface area contributed by atoms with Crippen molar-refractivity contribution in [1.82, 2.24) is 16.0 Å². The Morgan fingerprint density at radius 2 is 1.41 bits per heavy atom. The number of rotatable bonds is 12. The first-order valence-electron chi connectivity index (χ1n) is 12.4. The highest BCUT2D eigenvalue weighted by Gasteiger charge is 2.31. The van der Waals surface area contributed by atoms with Crippen LogP contribution in [0.4, 0.5) is 5.69 Å². The van der Waals surface area contributed by atoms with Crippen LogP contribution in [0.1, 0.15) is 43.6 Å². The van der Waals surface area contributed by atoms with Crippen molar-refractivity contribution in [2.24, 2.45) is 5.92 Å². The SMILES string of the molecule is COC(=O)[C@@H](Cc1ccccc1)NC(=O)[C@@H](NC(=O)[C@H](C)NC(=O)C(=O)c1ccccc1NC(C)=O)C(C)C. The lowest BCUT2D eigenvalue weighted by Crippen LogP contribution is -2.57. The molecule has 0 radical (unpaired) electrons. The molecule has 0 fully saturated rings. The Bertz CT molecular complexity index is 1210. The van der Waals surface area contributed by atoms with Crippen molar-refractivity contribution in [3.05, 3.63) is 65.7 Å². The van der Waals surface area contributed by atoms with Gasteiger partial charge in [-0.3, -0.25) is 24.0 Å². The fourth-order valence-corrected chi connectivity index (χ4v) is 3.69. The number of esters is 1. The second kappa shape index (κ2) is 14.4. The van der Waals surface area contributed by atoms with Crippen LogP contribution in [0.15, 0.2) is 54.6 Å². The molecule has 2 rings (SSSR count). The topological polar surface area (TPSA) is 160 Å². The number of para-hydroxylation sites is 1. The number of hydrogen-bond acceptors (Lipinski definition) is 7. The van der Waals surface area contributed by atoms with Crippen molar-refractivity contribution in [3.63, 3.8) is 0 Å². The van der Waals surface area contributed by atoms with Crippen LogP contribution < -0.4 is 21.3 Å². The molecule has 0 saturated carbocycles. The molecule has 3 atom stereocenters. The van der Waals surface area contributed by atoms with E-state index in [0.717, 1.165) is 5.56 Å². The fraction of sp³-hybridized carbons (Fsp3) is 0.357. The molecule has 0 aliphatic heterocycles. The lowest BCUT2D eigenvalue weighted by Gasteiger charge is -2.26. The molecule has 2 aromatic carbocycles. The molecule has 0 heterocycles. The van der Waals surface area contributed by atoms with E-state index in [1.165, 1.54) is 39.2 Å². The summed E-state index contributed by atoms with van der Waals surface area (Å²) in [5.41, 5.74) is 0.929. The zero-order valence-corrected chi connectivity index (χ0v) is 22.6. The van der Waals surface area contributed by atoms with Gasteiger partial charge in [0.25, 0.3) is 11.7 Å². The van der Waals surface area contributed by atoms with E-state index in [1.807, 2.05) is 30.3 Å². The lowest BCUT2D eigenvalue weighted by atomic mass is 10.0. The van der Waals surface area contributed by atoms with E-state index in [1.54, 1.807) is 19.9 Å². The van der Waals surface area contributed by atoms with Crippen LogP contribution in [0, 0.1) is 5.92 Å². The summed E-state index contributed by atoms with van der Waals surface area (Å²) in [6.07, 6.45) is 0.187. The molecule has 0 aliphatic rings. The first-order valence-corrected chi connectivity index (χ1v) is 12.4. The zero-order valence-electron chi connectivity index (χ0n) is 22.6. The predicted molar refractivity (Wildman–Crippen MR) is 144 cm³/mol. The number of ketones is 1. The molecule has 0 saturated heterocycles. The minimum absolute atomic E-state index is 0.0375. The quantitative estimate of drug-likeness (QED) is 0.180. The van der Waals surface area contributed by atoms with Crippen LogP contribution in [0.2, 0.25) is 0 Å². The van der Waals surface area contributed by atoms with Crippen molar-refractivity contribution in [2.45, 2.75) is 52.2 Å². The van der Waals surface area contributed by atoms with Crippen molar-refractivity contribution in [3.8, 4) is 0 Å². The molecule has 4 N–H and O–H groups in total. The second-order valence-electron chi connectivity index (χ2n) is 9.26. The summed E-state index contributed by atoms with van der Waals surface area (Å²) in [5.74, 6) is -4.76.